The third-order valence-electron chi connectivity index (χ3n) is 4.09. The first-order chi connectivity index (χ1) is 11.3. The maximum atomic E-state index is 6.04. The van der Waals surface area contributed by atoms with Crippen molar-refractivity contribution in [1.29, 1.82) is 0 Å². The third kappa shape index (κ3) is 2.89. The Bertz CT molecular complexity index is 807. The second kappa shape index (κ2) is 6.17. The van der Waals surface area contributed by atoms with Gasteiger partial charge in [-0.3, -0.25) is 0 Å². The molecule has 23 heavy (non-hydrogen) atoms. The number of aromatic nitrogens is 5. The molecule has 0 unspecified atom stereocenters. The standard InChI is InChI=1S/C15H17ClN6O/c16-13-1-2-14-12(11-13)3-4-20(14)5-6-22-15(17-18-19-22)21-7-9-23-10-8-21/h1-4,11H,5-10H2. The Hall–Kier alpha value is -2.12. The smallest absolute Gasteiger partial charge is 0.245 e. The molecule has 4 rings (SSSR count). The van der Waals surface area contributed by atoms with E-state index in [0.29, 0.717) is 6.54 Å². The van der Waals surface area contributed by atoms with Gasteiger partial charge in [-0.2, -0.15) is 0 Å². The molecule has 1 aliphatic rings. The minimum atomic E-state index is 0.714. The fraction of sp³-hybridized carbons (Fsp3) is 0.400. The lowest BCUT2D eigenvalue weighted by Gasteiger charge is -2.26. The van der Waals surface area contributed by atoms with Gasteiger partial charge < -0.3 is 14.2 Å². The van der Waals surface area contributed by atoms with Crippen molar-refractivity contribution in [1.82, 2.24) is 24.8 Å². The molecule has 0 saturated carbocycles. The Morgan fingerprint density at radius 2 is 2.00 bits per heavy atom. The molecule has 0 spiro atoms. The van der Waals surface area contributed by atoms with Crippen LogP contribution in [0.4, 0.5) is 5.95 Å². The molecule has 3 aromatic rings. The number of benzene rings is 1. The van der Waals surface area contributed by atoms with Gasteiger partial charge in [-0.1, -0.05) is 16.7 Å². The molecular weight excluding hydrogens is 316 g/mol. The van der Waals surface area contributed by atoms with Gasteiger partial charge in [-0.25, -0.2) is 4.68 Å². The van der Waals surface area contributed by atoms with Crippen LogP contribution in [0.15, 0.2) is 30.5 Å². The topological polar surface area (TPSA) is 61.0 Å². The van der Waals surface area contributed by atoms with E-state index in [-0.39, 0.29) is 0 Å². The van der Waals surface area contributed by atoms with Crippen molar-refractivity contribution in [3.63, 3.8) is 0 Å². The largest absolute Gasteiger partial charge is 0.378 e. The van der Waals surface area contributed by atoms with Crippen LogP contribution in [0.1, 0.15) is 0 Å². The molecule has 0 atom stereocenters. The average Bonchev–Trinajstić information content (AvgIpc) is 3.20. The van der Waals surface area contributed by atoms with E-state index >= 15 is 0 Å². The fourth-order valence-electron chi connectivity index (χ4n) is 2.90. The summed E-state index contributed by atoms with van der Waals surface area (Å²) < 4.78 is 9.43. The molecule has 0 amide bonds. The number of halogens is 1. The van der Waals surface area contributed by atoms with E-state index in [2.05, 4.69) is 37.3 Å². The molecule has 7 nitrogen and oxygen atoms in total. The molecule has 2 aromatic heterocycles. The van der Waals surface area contributed by atoms with Gasteiger partial charge in [-0.15, -0.1) is 0 Å². The van der Waals surface area contributed by atoms with Crippen molar-refractivity contribution in [2.24, 2.45) is 0 Å². The molecule has 0 radical (unpaired) electrons. The third-order valence-corrected chi connectivity index (χ3v) is 4.33. The van der Waals surface area contributed by atoms with Crippen LogP contribution < -0.4 is 4.90 Å². The van der Waals surface area contributed by atoms with Gasteiger partial charge in [-0.05, 0) is 34.7 Å². The van der Waals surface area contributed by atoms with Crippen LogP contribution in [0.25, 0.3) is 10.9 Å². The summed E-state index contributed by atoms with van der Waals surface area (Å²) in [7, 11) is 0. The summed E-state index contributed by atoms with van der Waals surface area (Å²) in [4.78, 5) is 2.16. The fourth-order valence-corrected chi connectivity index (χ4v) is 3.08. The van der Waals surface area contributed by atoms with Gasteiger partial charge >= 0.3 is 0 Å². The van der Waals surface area contributed by atoms with Crippen molar-refractivity contribution >= 4 is 28.5 Å². The van der Waals surface area contributed by atoms with Crippen LogP contribution in [-0.2, 0) is 17.8 Å². The first kappa shape index (κ1) is 14.5. The number of hydrogen-bond acceptors (Lipinski definition) is 5. The van der Waals surface area contributed by atoms with E-state index < -0.39 is 0 Å². The van der Waals surface area contributed by atoms with Crippen molar-refractivity contribution in [3.05, 3.63) is 35.5 Å². The van der Waals surface area contributed by atoms with Crippen molar-refractivity contribution < 1.29 is 4.74 Å². The van der Waals surface area contributed by atoms with Gasteiger partial charge in [0, 0.05) is 41.8 Å². The van der Waals surface area contributed by atoms with E-state index in [0.717, 1.165) is 54.7 Å². The van der Waals surface area contributed by atoms with E-state index in [9.17, 15) is 0 Å². The zero-order chi connectivity index (χ0) is 15.6. The van der Waals surface area contributed by atoms with Crippen molar-refractivity contribution in [3.8, 4) is 0 Å². The lowest BCUT2D eigenvalue weighted by Crippen LogP contribution is -2.38. The van der Waals surface area contributed by atoms with Gasteiger partial charge in [0.2, 0.25) is 5.95 Å². The van der Waals surface area contributed by atoms with Crippen LogP contribution in [-0.4, -0.2) is 51.1 Å². The average molecular weight is 333 g/mol. The Kier molecular flexibility index (Phi) is 3.88. The number of fused-ring (bicyclic) bond motifs is 1. The number of ether oxygens (including phenoxy) is 1. The number of rotatable bonds is 4. The van der Waals surface area contributed by atoms with E-state index in [4.69, 9.17) is 16.3 Å². The van der Waals surface area contributed by atoms with E-state index in [1.807, 2.05) is 22.9 Å². The van der Waals surface area contributed by atoms with Gasteiger partial charge in [0.25, 0.3) is 0 Å². The minimum Gasteiger partial charge on any atom is -0.378 e. The summed E-state index contributed by atoms with van der Waals surface area (Å²) in [6.45, 7) is 4.60. The van der Waals surface area contributed by atoms with Gasteiger partial charge in [0.1, 0.15) is 0 Å². The zero-order valence-corrected chi connectivity index (χ0v) is 13.4. The summed E-state index contributed by atoms with van der Waals surface area (Å²) in [5.74, 6) is 0.813. The molecule has 0 N–H and O–H groups in total. The predicted octanol–water partition coefficient (Wildman–Crippen LogP) is 1.82. The van der Waals surface area contributed by atoms with Crippen LogP contribution in [0.5, 0.6) is 0 Å². The zero-order valence-electron chi connectivity index (χ0n) is 12.6. The Morgan fingerprint density at radius 1 is 1.13 bits per heavy atom. The number of anilines is 1. The highest BCUT2D eigenvalue weighted by Crippen LogP contribution is 2.20. The maximum Gasteiger partial charge on any atom is 0.245 e. The molecule has 1 fully saturated rings. The summed E-state index contributed by atoms with van der Waals surface area (Å²) in [6.07, 6.45) is 2.07. The molecular formula is C15H17ClN6O. The molecule has 1 aromatic carbocycles. The van der Waals surface area contributed by atoms with E-state index in [1.54, 1.807) is 0 Å². The van der Waals surface area contributed by atoms with Crippen LogP contribution >= 0.6 is 11.6 Å². The highest BCUT2D eigenvalue weighted by Gasteiger charge is 2.17. The molecule has 8 heteroatoms. The van der Waals surface area contributed by atoms with Crippen LogP contribution in [0, 0.1) is 0 Å². The SMILES string of the molecule is Clc1ccc2c(ccn2CCn2nnnc2N2CCOCC2)c1. The van der Waals surface area contributed by atoms with Crippen molar-refractivity contribution in [2.45, 2.75) is 13.1 Å². The number of tetrazole rings is 1. The number of nitrogens with zero attached hydrogens (tertiary/aromatic N) is 6. The summed E-state index contributed by atoms with van der Waals surface area (Å²) in [6, 6.07) is 8.00. The Balaban J connectivity index is 1.51. The molecule has 1 aliphatic heterocycles. The quantitative estimate of drug-likeness (QED) is 0.729. The maximum absolute atomic E-state index is 6.04. The molecule has 0 aliphatic carbocycles. The number of hydrogen-bond donors (Lipinski definition) is 0. The number of aryl methyl sites for hydroxylation is 2. The normalized spacial score (nSPS) is 15.4. The predicted molar refractivity (Wildman–Crippen MR) is 87.8 cm³/mol. The summed E-state index contributed by atoms with van der Waals surface area (Å²) in [5.41, 5.74) is 1.16. The molecule has 120 valence electrons. The molecule has 1 saturated heterocycles. The number of morpholine rings is 1. The Morgan fingerprint density at radius 3 is 2.87 bits per heavy atom. The molecule has 3 heterocycles. The minimum absolute atomic E-state index is 0.714. The molecule has 0 bridgehead atoms. The lowest BCUT2D eigenvalue weighted by molar-refractivity contribution is 0.121. The first-order valence-corrected chi connectivity index (χ1v) is 8.02. The van der Waals surface area contributed by atoms with Gasteiger partial charge in [0.15, 0.2) is 0 Å². The Labute approximate surface area is 138 Å². The summed E-state index contributed by atoms with van der Waals surface area (Å²) >= 11 is 6.04. The first-order valence-electron chi connectivity index (χ1n) is 7.64. The monoisotopic (exact) mass is 332 g/mol. The highest BCUT2D eigenvalue weighted by molar-refractivity contribution is 6.31. The van der Waals surface area contributed by atoms with E-state index in [1.165, 1.54) is 0 Å². The van der Waals surface area contributed by atoms with Crippen LogP contribution in [0.3, 0.4) is 0 Å². The second-order valence-corrected chi connectivity index (χ2v) is 5.95. The highest BCUT2D eigenvalue weighted by atomic mass is 35.5. The van der Waals surface area contributed by atoms with Crippen LogP contribution in [0.2, 0.25) is 5.02 Å². The van der Waals surface area contributed by atoms with Gasteiger partial charge in [0.05, 0.1) is 19.8 Å². The second-order valence-electron chi connectivity index (χ2n) is 5.51. The van der Waals surface area contributed by atoms with Crippen molar-refractivity contribution in [2.75, 3.05) is 31.2 Å². The lowest BCUT2D eigenvalue weighted by atomic mass is 10.2. The summed E-state index contributed by atoms with van der Waals surface area (Å²) in [5, 5.41) is 14.0.